The van der Waals surface area contributed by atoms with Crippen LogP contribution in [0.3, 0.4) is 0 Å². The predicted molar refractivity (Wildman–Crippen MR) is 103 cm³/mol. The number of aromatic nitrogens is 3. The van der Waals surface area contributed by atoms with Gasteiger partial charge < -0.3 is 5.32 Å². The van der Waals surface area contributed by atoms with E-state index in [-0.39, 0.29) is 0 Å². The maximum atomic E-state index is 6.33. The zero-order valence-corrected chi connectivity index (χ0v) is 13.9. The summed E-state index contributed by atoms with van der Waals surface area (Å²) in [6.45, 7) is 0. The van der Waals surface area contributed by atoms with Gasteiger partial charge in [0.1, 0.15) is 5.52 Å². The first-order chi connectivity index (χ1) is 12.3. The number of rotatable bonds is 2. The summed E-state index contributed by atoms with van der Waals surface area (Å²) in [5, 5.41) is 6.27. The van der Waals surface area contributed by atoms with Crippen LogP contribution in [0.15, 0.2) is 73.2 Å². The van der Waals surface area contributed by atoms with Gasteiger partial charge in [0.05, 0.1) is 23.6 Å². The average molecular weight is 345 g/mol. The largest absolute Gasteiger partial charge is 0.338 e. The van der Waals surface area contributed by atoms with E-state index < -0.39 is 0 Å². The monoisotopic (exact) mass is 344 g/mol. The van der Waals surface area contributed by atoms with Crippen molar-refractivity contribution in [2.24, 2.45) is 0 Å². The van der Waals surface area contributed by atoms with Gasteiger partial charge in [-0.1, -0.05) is 48.0 Å². The van der Waals surface area contributed by atoms with Crippen LogP contribution in [0.5, 0.6) is 0 Å². The van der Waals surface area contributed by atoms with E-state index in [2.05, 4.69) is 16.4 Å². The standard InChI is InChI=1S/C20H13ClN4/c21-15-9-10-16(14-6-2-1-5-13(14)15)23-20-19-11-22-12-25(19)18-8-4-3-7-17(18)24-20/h1-12H,(H,23,24). The first-order valence-electron chi connectivity index (χ1n) is 7.96. The Morgan fingerprint density at radius 1 is 0.840 bits per heavy atom. The molecule has 25 heavy (non-hydrogen) atoms. The van der Waals surface area contributed by atoms with E-state index in [9.17, 15) is 0 Å². The summed E-state index contributed by atoms with van der Waals surface area (Å²) >= 11 is 6.33. The van der Waals surface area contributed by atoms with E-state index in [0.717, 1.165) is 43.9 Å². The van der Waals surface area contributed by atoms with Crippen LogP contribution in [0.4, 0.5) is 11.5 Å². The van der Waals surface area contributed by atoms with Crippen molar-refractivity contribution in [2.75, 3.05) is 5.32 Å². The van der Waals surface area contributed by atoms with Crippen LogP contribution < -0.4 is 5.32 Å². The highest BCUT2D eigenvalue weighted by molar-refractivity contribution is 6.36. The number of nitrogens with one attached hydrogen (secondary N) is 1. The minimum atomic E-state index is 0.738. The van der Waals surface area contributed by atoms with Crippen molar-refractivity contribution < 1.29 is 0 Å². The number of hydrogen-bond donors (Lipinski definition) is 1. The van der Waals surface area contributed by atoms with Crippen molar-refractivity contribution >= 4 is 50.4 Å². The fourth-order valence-electron chi connectivity index (χ4n) is 3.19. The zero-order chi connectivity index (χ0) is 16.8. The Labute approximate surface area is 148 Å². The summed E-state index contributed by atoms with van der Waals surface area (Å²) in [5.41, 5.74) is 3.83. The molecule has 5 aromatic rings. The Hall–Kier alpha value is -3.11. The van der Waals surface area contributed by atoms with Gasteiger partial charge in [-0.3, -0.25) is 4.40 Å². The van der Waals surface area contributed by atoms with Crippen LogP contribution in [0.25, 0.3) is 27.3 Å². The highest BCUT2D eigenvalue weighted by Crippen LogP contribution is 2.32. The number of benzene rings is 3. The van der Waals surface area contributed by atoms with Crippen LogP contribution in [0, 0.1) is 0 Å². The molecular weight excluding hydrogens is 332 g/mol. The fourth-order valence-corrected chi connectivity index (χ4v) is 3.42. The molecule has 0 atom stereocenters. The molecule has 0 fully saturated rings. The second-order valence-electron chi connectivity index (χ2n) is 5.86. The topological polar surface area (TPSA) is 42.2 Å². The number of para-hydroxylation sites is 2. The molecule has 120 valence electrons. The lowest BCUT2D eigenvalue weighted by atomic mass is 10.1. The van der Waals surface area contributed by atoms with Gasteiger partial charge in [0.25, 0.3) is 0 Å². The van der Waals surface area contributed by atoms with Gasteiger partial charge in [0.15, 0.2) is 5.82 Å². The highest BCUT2D eigenvalue weighted by Gasteiger charge is 2.11. The molecule has 0 aliphatic carbocycles. The normalized spacial score (nSPS) is 11.4. The van der Waals surface area contributed by atoms with Crippen molar-refractivity contribution in [3.63, 3.8) is 0 Å². The molecule has 0 spiro atoms. The molecule has 2 heterocycles. The lowest BCUT2D eigenvalue weighted by molar-refractivity contribution is 1.19. The van der Waals surface area contributed by atoms with Crippen LogP contribution in [-0.4, -0.2) is 14.4 Å². The van der Waals surface area contributed by atoms with Crippen molar-refractivity contribution in [3.8, 4) is 0 Å². The molecule has 0 aliphatic heterocycles. The first kappa shape index (κ1) is 14.3. The number of anilines is 2. The van der Waals surface area contributed by atoms with Gasteiger partial charge >= 0.3 is 0 Å². The van der Waals surface area contributed by atoms with Gasteiger partial charge in [-0.05, 0) is 24.3 Å². The first-order valence-corrected chi connectivity index (χ1v) is 8.34. The predicted octanol–water partition coefficient (Wildman–Crippen LogP) is 5.43. The van der Waals surface area contributed by atoms with Crippen molar-refractivity contribution in [1.29, 1.82) is 0 Å². The molecule has 0 aliphatic rings. The molecule has 3 aromatic carbocycles. The third-order valence-electron chi connectivity index (χ3n) is 4.38. The van der Waals surface area contributed by atoms with Gasteiger partial charge in [-0.25, -0.2) is 9.97 Å². The number of nitrogens with zero attached hydrogens (tertiary/aromatic N) is 3. The molecule has 2 aromatic heterocycles. The Balaban J connectivity index is 1.75. The minimum absolute atomic E-state index is 0.738. The van der Waals surface area contributed by atoms with Crippen LogP contribution in [0.1, 0.15) is 0 Å². The van der Waals surface area contributed by atoms with E-state index >= 15 is 0 Å². The maximum Gasteiger partial charge on any atom is 0.157 e. The molecule has 0 unspecified atom stereocenters. The van der Waals surface area contributed by atoms with Gasteiger partial charge in [-0.15, -0.1) is 0 Å². The van der Waals surface area contributed by atoms with E-state index in [0.29, 0.717) is 0 Å². The molecule has 1 N–H and O–H groups in total. The zero-order valence-electron chi connectivity index (χ0n) is 13.1. The Kier molecular flexibility index (Phi) is 3.11. The number of halogens is 1. The number of imidazole rings is 1. The van der Waals surface area contributed by atoms with Gasteiger partial charge in [0, 0.05) is 21.5 Å². The molecule has 0 radical (unpaired) electrons. The Bertz CT molecular complexity index is 1240. The van der Waals surface area contributed by atoms with Crippen LogP contribution in [0.2, 0.25) is 5.02 Å². The van der Waals surface area contributed by atoms with Crippen LogP contribution >= 0.6 is 11.6 Å². The SMILES string of the molecule is Clc1ccc(Nc2nc3ccccc3n3cncc23)c2ccccc12. The second-order valence-corrected chi connectivity index (χ2v) is 6.27. The third-order valence-corrected chi connectivity index (χ3v) is 4.71. The number of fused-ring (bicyclic) bond motifs is 4. The average Bonchev–Trinajstić information content (AvgIpc) is 3.15. The second kappa shape index (κ2) is 5.46. The quantitative estimate of drug-likeness (QED) is 0.464. The fraction of sp³-hybridized carbons (Fsp3) is 0. The molecule has 0 bridgehead atoms. The lowest BCUT2D eigenvalue weighted by Gasteiger charge is -2.12. The molecule has 0 amide bonds. The smallest absolute Gasteiger partial charge is 0.157 e. The summed E-state index contributed by atoms with van der Waals surface area (Å²) in [5.74, 6) is 0.767. The number of hydrogen-bond acceptors (Lipinski definition) is 3. The molecule has 4 nitrogen and oxygen atoms in total. The summed E-state index contributed by atoms with van der Waals surface area (Å²) in [6, 6.07) is 20.0. The van der Waals surface area contributed by atoms with Crippen molar-refractivity contribution in [3.05, 3.63) is 78.2 Å². The maximum absolute atomic E-state index is 6.33. The van der Waals surface area contributed by atoms with Crippen molar-refractivity contribution in [2.45, 2.75) is 0 Å². The molecule has 0 saturated carbocycles. The Morgan fingerprint density at radius 3 is 2.56 bits per heavy atom. The summed E-state index contributed by atoms with van der Waals surface area (Å²) < 4.78 is 2.04. The van der Waals surface area contributed by atoms with Crippen molar-refractivity contribution in [1.82, 2.24) is 14.4 Å². The van der Waals surface area contributed by atoms with Gasteiger partial charge in [0.2, 0.25) is 0 Å². The minimum Gasteiger partial charge on any atom is -0.338 e. The molecule has 0 saturated heterocycles. The van der Waals surface area contributed by atoms with E-state index in [1.54, 1.807) is 0 Å². The third kappa shape index (κ3) is 2.22. The summed E-state index contributed by atoms with van der Waals surface area (Å²) in [7, 11) is 0. The van der Waals surface area contributed by atoms with E-state index in [4.69, 9.17) is 16.6 Å². The molecule has 5 heteroatoms. The molecule has 5 rings (SSSR count). The van der Waals surface area contributed by atoms with Crippen LogP contribution in [-0.2, 0) is 0 Å². The van der Waals surface area contributed by atoms with E-state index in [1.165, 1.54) is 0 Å². The summed E-state index contributed by atoms with van der Waals surface area (Å²) in [4.78, 5) is 9.09. The molecular formula is C20H13ClN4. The highest BCUT2D eigenvalue weighted by atomic mass is 35.5. The van der Waals surface area contributed by atoms with E-state index in [1.807, 2.05) is 71.5 Å². The lowest BCUT2D eigenvalue weighted by Crippen LogP contribution is -1.99. The summed E-state index contributed by atoms with van der Waals surface area (Å²) in [6.07, 6.45) is 3.63. The van der Waals surface area contributed by atoms with Gasteiger partial charge in [-0.2, -0.15) is 0 Å². The Morgan fingerprint density at radius 2 is 1.64 bits per heavy atom.